The second-order valence-corrected chi connectivity index (χ2v) is 5.16. The first kappa shape index (κ1) is 16.4. The summed E-state index contributed by atoms with van der Waals surface area (Å²) in [5.74, 6) is 0.343. The molecule has 0 amide bonds. The molecule has 1 aromatic heterocycles. The number of phenolic OH excluding ortho intramolecular Hbond substituents is 2. The molecule has 0 bridgehead atoms. The number of nitrogens with zero attached hydrogens (tertiary/aromatic N) is 1. The second-order valence-electron chi connectivity index (χ2n) is 5.16. The van der Waals surface area contributed by atoms with Crippen LogP contribution in [0.5, 0.6) is 23.0 Å². The van der Waals surface area contributed by atoms with Gasteiger partial charge in [0.05, 0.1) is 18.4 Å². The number of hydrogen-bond acceptors (Lipinski definition) is 6. The van der Waals surface area contributed by atoms with Gasteiger partial charge in [-0.15, -0.1) is 0 Å². The number of H-pyrrole nitrogens is 1. The van der Waals surface area contributed by atoms with E-state index in [2.05, 4.69) is 10.2 Å². The van der Waals surface area contributed by atoms with Crippen molar-refractivity contribution in [2.45, 2.75) is 6.92 Å². The molecule has 2 aromatic carbocycles. The standard InChI is InChI=1S/C18H16N2O5/c1-2-24-18(23)11-3-6-13(7-4-11)25-16-10-19-20-17(16)14-8-5-12(21)9-15(14)22/h3-10,21-22H,2H2,1H3,(H,19,20). The van der Waals surface area contributed by atoms with Crippen LogP contribution in [0, 0.1) is 0 Å². The number of carbonyl (C=O) groups excluding carboxylic acids is 1. The fourth-order valence-corrected chi connectivity index (χ4v) is 2.28. The van der Waals surface area contributed by atoms with Crippen LogP contribution in [0.1, 0.15) is 17.3 Å². The summed E-state index contributed by atoms with van der Waals surface area (Å²) in [5.41, 5.74) is 1.33. The zero-order valence-electron chi connectivity index (χ0n) is 13.4. The molecule has 0 atom stereocenters. The maximum absolute atomic E-state index is 11.7. The molecule has 128 valence electrons. The van der Waals surface area contributed by atoms with Gasteiger partial charge in [-0.3, -0.25) is 5.10 Å². The molecule has 1 heterocycles. The number of nitrogens with one attached hydrogen (secondary N) is 1. The van der Waals surface area contributed by atoms with Gasteiger partial charge in [0, 0.05) is 11.6 Å². The van der Waals surface area contributed by atoms with Crippen LogP contribution < -0.4 is 4.74 Å². The van der Waals surface area contributed by atoms with E-state index in [1.54, 1.807) is 37.3 Å². The summed E-state index contributed by atoms with van der Waals surface area (Å²) >= 11 is 0. The van der Waals surface area contributed by atoms with Gasteiger partial charge in [-0.25, -0.2) is 4.79 Å². The first-order valence-corrected chi connectivity index (χ1v) is 7.59. The van der Waals surface area contributed by atoms with Gasteiger partial charge in [-0.1, -0.05) is 0 Å². The molecule has 3 N–H and O–H groups in total. The number of hydrogen-bond donors (Lipinski definition) is 3. The molecule has 25 heavy (non-hydrogen) atoms. The molecule has 0 spiro atoms. The molecule has 0 saturated heterocycles. The summed E-state index contributed by atoms with van der Waals surface area (Å²) in [7, 11) is 0. The highest BCUT2D eigenvalue weighted by Gasteiger charge is 2.14. The van der Waals surface area contributed by atoms with Crippen LogP contribution in [0.3, 0.4) is 0 Å². The number of ether oxygens (including phenoxy) is 2. The van der Waals surface area contributed by atoms with E-state index in [1.807, 2.05) is 0 Å². The Morgan fingerprint density at radius 2 is 1.92 bits per heavy atom. The average Bonchev–Trinajstić information content (AvgIpc) is 3.03. The normalized spacial score (nSPS) is 10.4. The van der Waals surface area contributed by atoms with Gasteiger partial charge in [0.1, 0.15) is 22.9 Å². The van der Waals surface area contributed by atoms with E-state index in [0.29, 0.717) is 34.9 Å². The first-order chi connectivity index (χ1) is 12.1. The molecule has 0 unspecified atom stereocenters. The molecule has 7 heteroatoms. The van der Waals surface area contributed by atoms with Gasteiger partial charge in [-0.2, -0.15) is 5.10 Å². The Hall–Kier alpha value is -3.48. The summed E-state index contributed by atoms with van der Waals surface area (Å²) in [6.07, 6.45) is 1.47. The molecule has 0 aliphatic carbocycles. The second kappa shape index (κ2) is 6.96. The third-order valence-corrected chi connectivity index (χ3v) is 3.45. The lowest BCUT2D eigenvalue weighted by atomic mass is 10.1. The number of rotatable bonds is 5. The number of carbonyl (C=O) groups is 1. The van der Waals surface area contributed by atoms with Gasteiger partial charge in [0.2, 0.25) is 0 Å². The molecule has 7 nitrogen and oxygen atoms in total. The smallest absolute Gasteiger partial charge is 0.338 e. The number of phenols is 2. The predicted molar refractivity (Wildman–Crippen MR) is 89.8 cm³/mol. The molecule has 0 radical (unpaired) electrons. The van der Waals surface area contributed by atoms with Crippen molar-refractivity contribution in [3.05, 3.63) is 54.2 Å². The highest BCUT2D eigenvalue weighted by atomic mass is 16.5. The minimum atomic E-state index is -0.396. The molecule has 3 rings (SSSR count). The Morgan fingerprint density at radius 3 is 2.60 bits per heavy atom. The van der Waals surface area contributed by atoms with Crippen LogP contribution in [0.25, 0.3) is 11.3 Å². The Bertz CT molecular complexity index is 887. The van der Waals surface area contributed by atoms with Gasteiger partial charge >= 0.3 is 5.97 Å². The van der Waals surface area contributed by atoms with Crippen LogP contribution in [-0.4, -0.2) is 33.0 Å². The van der Waals surface area contributed by atoms with Crippen molar-refractivity contribution in [1.82, 2.24) is 10.2 Å². The van der Waals surface area contributed by atoms with Crippen LogP contribution >= 0.6 is 0 Å². The predicted octanol–water partition coefficient (Wildman–Crippen LogP) is 3.46. The summed E-state index contributed by atoms with van der Waals surface area (Å²) in [5, 5.41) is 26.1. The third-order valence-electron chi connectivity index (χ3n) is 3.45. The summed E-state index contributed by atoms with van der Waals surface area (Å²) in [6, 6.07) is 10.7. The maximum Gasteiger partial charge on any atom is 0.338 e. The fraction of sp³-hybridized carbons (Fsp3) is 0.111. The molecule has 0 fully saturated rings. The van der Waals surface area contributed by atoms with E-state index >= 15 is 0 Å². The number of aromatic nitrogens is 2. The summed E-state index contributed by atoms with van der Waals surface area (Å²) in [6.45, 7) is 2.06. The van der Waals surface area contributed by atoms with Gasteiger partial charge in [0.25, 0.3) is 0 Å². The van der Waals surface area contributed by atoms with E-state index in [9.17, 15) is 15.0 Å². The monoisotopic (exact) mass is 340 g/mol. The third kappa shape index (κ3) is 3.55. The molecular weight excluding hydrogens is 324 g/mol. The highest BCUT2D eigenvalue weighted by Crippen LogP contribution is 2.37. The lowest BCUT2D eigenvalue weighted by Gasteiger charge is -2.08. The molecular formula is C18H16N2O5. The highest BCUT2D eigenvalue weighted by molar-refractivity contribution is 5.89. The fourth-order valence-electron chi connectivity index (χ4n) is 2.28. The van der Waals surface area contributed by atoms with Crippen LogP contribution in [-0.2, 0) is 4.74 Å². The van der Waals surface area contributed by atoms with E-state index in [-0.39, 0.29) is 11.5 Å². The van der Waals surface area contributed by atoms with Crippen LogP contribution in [0.4, 0.5) is 0 Å². The SMILES string of the molecule is CCOC(=O)c1ccc(Oc2cn[nH]c2-c2ccc(O)cc2O)cc1. The van der Waals surface area contributed by atoms with Gasteiger partial charge in [0.15, 0.2) is 5.75 Å². The minimum Gasteiger partial charge on any atom is -0.508 e. The largest absolute Gasteiger partial charge is 0.508 e. The van der Waals surface area contributed by atoms with Crippen molar-refractivity contribution >= 4 is 5.97 Å². The van der Waals surface area contributed by atoms with Crippen molar-refractivity contribution < 1.29 is 24.5 Å². The molecule has 0 saturated carbocycles. The zero-order chi connectivity index (χ0) is 17.8. The molecule has 0 aliphatic heterocycles. The summed E-state index contributed by atoms with van der Waals surface area (Å²) in [4.78, 5) is 11.7. The minimum absolute atomic E-state index is 0.0437. The van der Waals surface area contributed by atoms with Crippen molar-refractivity contribution in [3.8, 4) is 34.3 Å². The van der Waals surface area contributed by atoms with E-state index < -0.39 is 5.97 Å². The average molecular weight is 340 g/mol. The van der Waals surface area contributed by atoms with Crippen molar-refractivity contribution in [3.63, 3.8) is 0 Å². The van der Waals surface area contributed by atoms with Crippen molar-refractivity contribution in [2.75, 3.05) is 6.61 Å². The van der Waals surface area contributed by atoms with E-state index in [0.717, 1.165) is 0 Å². The zero-order valence-corrected chi connectivity index (χ0v) is 13.4. The number of esters is 1. The topological polar surface area (TPSA) is 105 Å². The maximum atomic E-state index is 11.7. The van der Waals surface area contributed by atoms with Crippen molar-refractivity contribution in [2.24, 2.45) is 0 Å². The lowest BCUT2D eigenvalue weighted by Crippen LogP contribution is -2.04. The van der Waals surface area contributed by atoms with E-state index in [1.165, 1.54) is 18.3 Å². The van der Waals surface area contributed by atoms with E-state index in [4.69, 9.17) is 9.47 Å². The Balaban J connectivity index is 1.83. The Kier molecular flexibility index (Phi) is 4.56. The molecule has 0 aliphatic rings. The Labute approximate surface area is 143 Å². The molecule has 3 aromatic rings. The van der Waals surface area contributed by atoms with Gasteiger partial charge < -0.3 is 19.7 Å². The van der Waals surface area contributed by atoms with Crippen LogP contribution in [0.2, 0.25) is 0 Å². The van der Waals surface area contributed by atoms with Crippen molar-refractivity contribution in [1.29, 1.82) is 0 Å². The first-order valence-electron chi connectivity index (χ1n) is 7.59. The number of aromatic amines is 1. The number of aromatic hydroxyl groups is 2. The van der Waals surface area contributed by atoms with Crippen LogP contribution in [0.15, 0.2) is 48.7 Å². The summed E-state index contributed by atoms with van der Waals surface area (Å²) < 4.78 is 10.7. The van der Waals surface area contributed by atoms with Gasteiger partial charge in [-0.05, 0) is 43.3 Å². The number of benzene rings is 2. The quantitative estimate of drug-likeness (QED) is 0.614. The Morgan fingerprint density at radius 1 is 1.16 bits per heavy atom. The lowest BCUT2D eigenvalue weighted by molar-refractivity contribution is 0.0526.